The molecular weight excluding hydrogens is 242 g/mol. The second-order valence-electron chi connectivity index (χ2n) is 5.17. The molecule has 2 aromatic rings. The van der Waals surface area contributed by atoms with Crippen molar-refractivity contribution in [1.82, 2.24) is 0 Å². The van der Waals surface area contributed by atoms with Crippen molar-refractivity contribution < 1.29 is 0 Å². The number of para-hydroxylation sites is 1. The predicted octanol–water partition coefficient (Wildman–Crippen LogP) is 4.77. The number of hydrogen-bond acceptors (Lipinski definition) is 1. The third-order valence-electron chi connectivity index (χ3n) is 3.76. The van der Waals surface area contributed by atoms with Gasteiger partial charge < -0.3 is 0 Å². The lowest BCUT2D eigenvalue weighted by Crippen LogP contribution is -2.24. The van der Waals surface area contributed by atoms with Crippen LogP contribution in [0.25, 0.3) is 0 Å². The monoisotopic (exact) mass is 261 g/mol. The summed E-state index contributed by atoms with van der Waals surface area (Å²) in [4.78, 5) is 2.24. The first kappa shape index (κ1) is 12.8. The molecule has 20 heavy (non-hydrogen) atoms. The first-order chi connectivity index (χ1) is 9.95. The molecule has 0 bridgehead atoms. The van der Waals surface area contributed by atoms with Crippen LogP contribution in [0.3, 0.4) is 0 Å². The van der Waals surface area contributed by atoms with Crippen molar-refractivity contribution in [2.45, 2.75) is 31.7 Å². The molecule has 0 aromatic heterocycles. The lowest BCUT2D eigenvalue weighted by atomic mass is 9.97. The Bertz CT molecular complexity index is 592. The Morgan fingerprint density at radius 1 is 0.850 bits per heavy atom. The minimum Gasteiger partial charge on any atom is -0.294 e. The van der Waals surface area contributed by atoms with E-state index in [9.17, 15) is 0 Å². The maximum absolute atomic E-state index is 3.37. The van der Waals surface area contributed by atoms with Crippen molar-refractivity contribution in [3.8, 4) is 12.0 Å². The fourth-order valence-corrected chi connectivity index (χ4v) is 2.72. The van der Waals surface area contributed by atoms with Crippen LogP contribution in [-0.2, 0) is 0 Å². The largest absolute Gasteiger partial charge is 0.294 e. The van der Waals surface area contributed by atoms with E-state index in [-0.39, 0.29) is 0 Å². The second-order valence-corrected chi connectivity index (χ2v) is 5.17. The molecule has 3 rings (SSSR count). The third-order valence-corrected chi connectivity index (χ3v) is 3.76. The fourth-order valence-electron chi connectivity index (χ4n) is 2.72. The van der Waals surface area contributed by atoms with Crippen LogP contribution in [0.5, 0.6) is 0 Å². The molecule has 1 heterocycles. The molecule has 100 valence electrons. The molecular formula is C19H19N. The standard InChI is InChI=1S/C19H19N/c1-2-10-16-20(18-13-7-4-8-14-18)19(15-9-1)17-11-5-3-6-12-17/h3-8,11-14,19H,1-2,9,15H2. The molecule has 0 spiro atoms. The van der Waals surface area contributed by atoms with Crippen LogP contribution < -0.4 is 4.90 Å². The van der Waals surface area contributed by atoms with Gasteiger partial charge in [0.1, 0.15) is 0 Å². The van der Waals surface area contributed by atoms with Gasteiger partial charge in [0.25, 0.3) is 0 Å². The molecule has 1 nitrogen and oxygen atoms in total. The van der Waals surface area contributed by atoms with Gasteiger partial charge in [-0.3, -0.25) is 4.90 Å². The highest BCUT2D eigenvalue weighted by Gasteiger charge is 2.20. The molecule has 1 aliphatic rings. The summed E-state index contributed by atoms with van der Waals surface area (Å²) >= 11 is 0. The summed E-state index contributed by atoms with van der Waals surface area (Å²) in [6.45, 7) is 0. The van der Waals surface area contributed by atoms with Gasteiger partial charge in [-0.05, 0) is 30.5 Å². The van der Waals surface area contributed by atoms with Gasteiger partial charge in [0, 0.05) is 18.2 Å². The van der Waals surface area contributed by atoms with Gasteiger partial charge in [0.15, 0.2) is 0 Å². The van der Waals surface area contributed by atoms with Crippen molar-refractivity contribution in [2.24, 2.45) is 0 Å². The topological polar surface area (TPSA) is 3.24 Å². The molecule has 0 saturated heterocycles. The Morgan fingerprint density at radius 2 is 1.55 bits per heavy atom. The first-order valence-corrected chi connectivity index (χ1v) is 7.33. The summed E-state index contributed by atoms with van der Waals surface area (Å²) in [5.74, 6) is 3.31. The SMILES string of the molecule is C1#CN(c2ccccc2)C(c2ccccc2)CCCC1. The van der Waals surface area contributed by atoms with Crippen LogP contribution >= 0.6 is 0 Å². The van der Waals surface area contributed by atoms with E-state index >= 15 is 0 Å². The van der Waals surface area contributed by atoms with Gasteiger partial charge in [-0.25, -0.2) is 0 Å². The smallest absolute Gasteiger partial charge is 0.0675 e. The maximum atomic E-state index is 3.37. The lowest BCUT2D eigenvalue weighted by Gasteiger charge is -2.30. The van der Waals surface area contributed by atoms with Gasteiger partial charge in [-0.1, -0.05) is 60.9 Å². The summed E-state index contributed by atoms with van der Waals surface area (Å²) in [6.07, 6.45) is 4.61. The highest BCUT2D eigenvalue weighted by atomic mass is 15.1. The number of rotatable bonds is 2. The van der Waals surface area contributed by atoms with Gasteiger partial charge in [-0.15, -0.1) is 0 Å². The first-order valence-electron chi connectivity index (χ1n) is 7.33. The van der Waals surface area contributed by atoms with E-state index in [4.69, 9.17) is 0 Å². The van der Waals surface area contributed by atoms with E-state index in [1.807, 2.05) is 0 Å². The molecule has 0 aliphatic carbocycles. The van der Waals surface area contributed by atoms with Crippen LogP contribution in [-0.4, -0.2) is 0 Å². The Balaban J connectivity index is 2.00. The molecule has 0 amide bonds. The van der Waals surface area contributed by atoms with E-state index in [1.54, 1.807) is 0 Å². The molecule has 2 aromatic carbocycles. The van der Waals surface area contributed by atoms with E-state index < -0.39 is 0 Å². The highest BCUT2D eigenvalue weighted by molar-refractivity contribution is 5.54. The van der Waals surface area contributed by atoms with Gasteiger partial charge in [0.2, 0.25) is 0 Å². The minimum atomic E-state index is 0.353. The van der Waals surface area contributed by atoms with Gasteiger partial charge in [0.05, 0.1) is 6.04 Å². The Morgan fingerprint density at radius 3 is 2.30 bits per heavy atom. The summed E-state index contributed by atoms with van der Waals surface area (Å²) in [7, 11) is 0. The summed E-state index contributed by atoms with van der Waals surface area (Å²) in [6, 6.07) is 25.0. The number of anilines is 1. The average Bonchev–Trinajstić information content (AvgIpc) is 2.49. The summed E-state index contributed by atoms with van der Waals surface area (Å²) in [5, 5.41) is 0. The minimum absolute atomic E-state index is 0.353. The van der Waals surface area contributed by atoms with Crippen LogP contribution in [0, 0.1) is 12.0 Å². The second kappa shape index (κ2) is 6.30. The molecule has 0 radical (unpaired) electrons. The lowest BCUT2D eigenvalue weighted by molar-refractivity contribution is 0.576. The quantitative estimate of drug-likeness (QED) is 0.704. The zero-order chi connectivity index (χ0) is 13.6. The van der Waals surface area contributed by atoms with E-state index in [2.05, 4.69) is 77.5 Å². The van der Waals surface area contributed by atoms with E-state index in [0.717, 1.165) is 12.8 Å². The van der Waals surface area contributed by atoms with Gasteiger partial charge >= 0.3 is 0 Å². The highest BCUT2D eigenvalue weighted by Crippen LogP contribution is 2.31. The van der Waals surface area contributed by atoms with Crippen molar-refractivity contribution in [2.75, 3.05) is 4.90 Å². The summed E-state index contributed by atoms with van der Waals surface area (Å²) in [5.41, 5.74) is 2.54. The van der Waals surface area contributed by atoms with Crippen molar-refractivity contribution in [3.05, 3.63) is 66.2 Å². The Labute approximate surface area is 121 Å². The zero-order valence-corrected chi connectivity index (χ0v) is 11.6. The van der Waals surface area contributed by atoms with Crippen LogP contribution in [0.1, 0.15) is 37.3 Å². The van der Waals surface area contributed by atoms with Crippen molar-refractivity contribution in [1.29, 1.82) is 0 Å². The number of hydrogen-bond donors (Lipinski definition) is 0. The van der Waals surface area contributed by atoms with Crippen LogP contribution in [0.2, 0.25) is 0 Å². The molecule has 1 aliphatic heterocycles. The van der Waals surface area contributed by atoms with E-state index in [1.165, 1.54) is 24.1 Å². The van der Waals surface area contributed by atoms with E-state index in [0.29, 0.717) is 6.04 Å². The fraction of sp³-hybridized carbons (Fsp3) is 0.263. The average molecular weight is 261 g/mol. The predicted molar refractivity (Wildman–Crippen MR) is 84.3 cm³/mol. The zero-order valence-electron chi connectivity index (χ0n) is 11.6. The van der Waals surface area contributed by atoms with Crippen molar-refractivity contribution in [3.63, 3.8) is 0 Å². The maximum Gasteiger partial charge on any atom is 0.0675 e. The normalized spacial score (nSPS) is 18.6. The molecule has 1 heteroatoms. The molecule has 1 unspecified atom stereocenters. The third kappa shape index (κ3) is 2.86. The van der Waals surface area contributed by atoms with Crippen LogP contribution in [0.15, 0.2) is 60.7 Å². The molecule has 0 fully saturated rings. The number of benzene rings is 2. The molecule has 0 N–H and O–H groups in total. The number of nitrogens with zero attached hydrogens (tertiary/aromatic N) is 1. The Kier molecular flexibility index (Phi) is 4.04. The van der Waals surface area contributed by atoms with Crippen molar-refractivity contribution >= 4 is 5.69 Å². The summed E-state index contributed by atoms with van der Waals surface area (Å²) < 4.78 is 0. The van der Waals surface area contributed by atoms with Gasteiger partial charge in [-0.2, -0.15) is 0 Å². The Hall–Kier alpha value is -2.20. The molecule has 0 saturated carbocycles. The van der Waals surface area contributed by atoms with Crippen LogP contribution in [0.4, 0.5) is 5.69 Å². The molecule has 1 atom stereocenters.